The van der Waals surface area contributed by atoms with Crippen LogP contribution in [0.5, 0.6) is 0 Å². The average molecular weight is 700 g/mol. The fourth-order valence-electron chi connectivity index (χ4n) is 6.09. The van der Waals surface area contributed by atoms with Gasteiger partial charge < -0.3 is 36.1 Å². The largest absolute Gasteiger partial charge is 0.480 e. The third kappa shape index (κ3) is 9.10. The lowest BCUT2D eigenvalue weighted by molar-refractivity contribution is -0.143. The molecular formula is C38H47N6O7+. The molecule has 51 heavy (non-hydrogen) atoms. The number of carboxylic acids is 1. The summed E-state index contributed by atoms with van der Waals surface area (Å²) in [5, 5.41) is 18.6. The minimum absolute atomic E-state index is 0.0289. The molecule has 0 saturated heterocycles. The van der Waals surface area contributed by atoms with Crippen LogP contribution in [0.4, 0.5) is 5.69 Å². The summed E-state index contributed by atoms with van der Waals surface area (Å²) >= 11 is 0. The number of carbonyl (C=O) groups excluding carboxylic acids is 4. The molecule has 13 nitrogen and oxygen atoms in total. The van der Waals surface area contributed by atoms with E-state index in [4.69, 9.17) is 10.2 Å². The van der Waals surface area contributed by atoms with Crippen LogP contribution in [0, 0.1) is 0 Å². The highest BCUT2D eigenvalue weighted by molar-refractivity contribution is 6.09. The number of carbonyl (C=O) groups is 5. The molecule has 0 radical (unpaired) electrons. The van der Waals surface area contributed by atoms with Gasteiger partial charge in [0.2, 0.25) is 23.1 Å². The van der Waals surface area contributed by atoms with Crippen molar-refractivity contribution in [3.05, 3.63) is 71.6 Å². The molecule has 6 N–H and O–H groups in total. The van der Waals surface area contributed by atoms with E-state index in [2.05, 4.69) is 65.3 Å². The van der Waals surface area contributed by atoms with Crippen molar-refractivity contribution in [1.82, 2.24) is 20.5 Å². The monoisotopic (exact) mass is 699 g/mol. The number of fused-ring (bicyclic) bond motifs is 2. The maximum absolute atomic E-state index is 13.7. The van der Waals surface area contributed by atoms with Crippen molar-refractivity contribution in [1.29, 1.82) is 0 Å². The molecule has 0 saturated carbocycles. The van der Waals surface area contributed by atoms with Crippen LogP contribution in [0.25, 0.3) is 33.4 Å². The summed E-state index contributed by atoms with van der Waals surface area (Å²) < 4.78 is 8.82. The van der Waals surface area contributed by atoms with Crippen LogP contribution in [-0.2, 0) is 19.2 Å². The molecule has 2 aromatic rings. The molecule has 0 spiro atoms. The third-order valence-corrected chi connectivity index (χ3v) is 8.82. The van der Waals surface area contributed by atoms with Crippen LogP contribution in [0.2, 0.25) is 0 Å². The van der Waals surface area contributed by atoms with Gasteiger partial charge in [-0.3, -0.25) is 19.2 Å². The SMILES string of the molecule is CCN(CC)c1ccc2c(-c3ccccc3C(=O)NCCC(=O)NC(C)C(=O)NC(CC(N)=O)C(=O)O)c3ccc(=[N+](CC)CC)cc-3oc2c1. The smallest absolute Gasteiger partial charge is 0.326 e. The molecule has 4 rings (SSSR count). The summed E-state index contributed by atoms with van der Waals surface area (Å²) in [7, 11) is 0. The zero-order valence-corrected chi connectivity index (χ0v) is 29.7. The first-order chi connectivity index (χ1) is 24.4. The van der Waals surface area contributed by atoms with Gasteiger partial charge in [0.15, 0.2) is 0 Å². The van der Waals surface area contributed by atoms with E-state index in [1.165, 1.54) is 6.92 Å². The number of rotatable bonds is 16. The molecule has 1 aliphatic carbocycles. The lowest BCUT2D eigenvalue weighted by Crippen LogP contribution is -2.51. The van der Waals surface area contributed by atoms with E-state index in [1.54, 1.807) is 12.1 Å². The van der Waals surface area contributed by atoms with E-state index in [0.717, 1.165) is 53.7 Å². The van der Waals surface area contributed by atoms with Crippen molar-refractivity contribution in [3.8, 4) is 22.5 Å². The molecule has 0 aromatic heterocycles. The molecule has 0 fully saturated rings. The molecule has 2 aromatic carbocycles. The van der Waals surface area contributed by atoms with Crippen LogP contribution >= 0.6 is 0 Å². The average Bonchev–Trinajstić information content (AvgIpc) is 3.10. The van der Waals surface area contributed by atoms with Crippen molar-refractivity contribution in [2.75, 3.05) is 37.6 Å². The lowest BCUT2D eigenvalue weighted by atomic mass is 9.90. The number of nitrogens with two attached hydrogens (primary N) is 1. The first kappa shape index (κ1) is 38.1. The van der Waals surface area contributed by atoms with Gasteiger partial charge in [-0.05, 0) is 64.4 Å². The van der Waals surface area contributed by atoms with E-state index in [9.17, 15) is 29.1 Å². The van der Waals surface area contributed by atoms with E-state index < -0.39 is 42.2 Å². The Morgan fingerprint density at radius 3 is 2.25 bits per heavy atom. The van der Waals surface area contributed by atoms with Gasteiger partial charge in [-0.2, -0.15) is 0 Å². The highest BCUT2D eigenvalue weighted by atomic mass is 16.4. The Hall–Kier alpha value is -5.72. The maximum atomic E-state index is 13.7. The minimum atomic E-state index is -1.52. The topological polar surface area (TPSA) is 187 Å². The molecule has 2 unspecified atom stereocenters. The zero-order chi connectivity index (χ0) is 37.2. The van der Waals surface area contributed by atoms with Gasteiger partial charge in [0.25, 0.3) is 5.91 Å². The van der Waals surface area contributed by atoms with E-state index >= 15 is 0 Å². The Labute approximate surface area is 296 Å². The van der Waals surface area contributed by atoms with Crippen molar-refractivity contribution in [2.24, 2.45) is 5.73 Å². The van der Waals surface area contributed by atoms with Gasteiger partial charge in [0.05, 0.1) is 12.5 Å². The number of aliphatic carboxylic acids is 1. The molecule has 270 valence electrons. The number of benzene rings is 3. The van der Waals surface area contributed by atoms with E-state index in [-0.39, 0.29) is 18.9 Å². The summed E-state index contributed by atoms with van der Waals surface area (Å²) in [6, 6.07) is 16.9. The van der Waals surface area contributed by atoms with Crippen molar-refractivity contribution in [2.45, 2.75) is 59.5 Å². The van der Waals surface area contributed by atoms with Gasteiger partial charge in [-0.25, -0.2) is 9.37 Å². The number of nitrogens with zero attached hydrogens (tertiary/aromatic N) is 2. The number of carboxylic acid groups (broad SMARTS) is 1. The van der Waals surface area contributed by atoms with Gasteiger partial charge in [0.1, 0.15) is 36.5 Å². The fraction of sp³-hybridized carbons (Fsp3) is 0.368. The summed E-state index contributed by atoms with van der Waals surface area (Å²) in [6.07, 6.45) is -0.735. The van der Waals surface area contributed by atoms with Gasteiger partial charge in [-0.15, -0.1) is 0 Å². The number of amides is 4. The molecule has 4 amide bonds. The van der Waals surface area contributed by atoms with Gasteiger partial charge >= 0.3 is 5.97 Å². The first-order valence-corrected chi connectivity index (χ1v) is 17.2. The maximum Gasteiger partial charge on any atom is 0.326 e. The summed E-state index contributed by atoms with van der Waals surface area (Å²) in [4.78, 5) is 63.5. The summed E-state index contributed by atoms with van der Waals surface area (Å²) in [5.41, 5.74) is 9.59. The second-order valence-corrected chi connectivity index (χ2v) is 12.1. The Bertz CT molecular complexity index is 1960. The first-order valence-electron chi connectivity index (χ1n) is 17.2. The number of nitrogens with one attached hydrogen (secondary N) is 3. The fourth-order valence-corrected chi connectivity index (χ4v) is 6.09. The van der Waals surface area contributed by atoms with E-state index in [0.29, 0.717) is 22.5 Å². The second-order valence-electron chi connectivity index (χ2n) is 12.1. The Morgan fingerprint density at radius 1 is 0.902 bits per heavy atom. The Kier molecular flexibility index (Phi) is 12.9. The predicted octanol–water partition coefficient (Wildman–Crippen LogP) is 2.93. The number of hydrogen-bond acceptors (Lipinski definition) is 7. The predicted molar refractivity (Wildman–Crippen MR) is 196 cm³/mol. The van der Waals surface area contributed by atoms with Crippen LogP contribution < -0.4 is 36.5 Å². The highest BCUT2D eigenvalue weighted by Crippen LogP contribution is 2.42. The van der Waals surface area contributed by atoms with Crippen LogP contribution in [0.3, 0.4) is 0 Å². The molecular weight excluding hydrogens is 652 g/mol. The van der Waals surface area contributed by atoms with Crippen LogP contribution in [-0.4, -0.2) is 79.5 Å². The molecule has 13 heteroatoms. The molecule has 1 heterocycles. The van der Waals surface area contributed by atoms with Crippen molar-refractivity contribution in [3.63, 3.8) is 0 Å². The standard InChI is InChI=1S/C38H46N6O7/c1-6-43(7-2)24-14-16-28-31(20-24)51-32-21-25(44(8-3)9-4)15-17-29(32)35(28)26-12-10-11-13-27(26)37(48)40-19-18-34(46)41-23(5)36(47)42-30(38(49)50)22-33(39)45/h10-17,20-21,23,30H,6-9,18-19,22H2,1-5H3,(H5-,39,40,41,42,45,46,47,48,49,50)/p+1. The Morgan fingerprint density at radius 2 is 1.61 bits per heavy atom. The van der Waals surface area contributed by atoms with Crippen LogP contribution in [0.1, 0.15) is 57.8 Å². The van der Waals surface area contributed by atoms with Crippen molar-refractivity contribution < 1.29 is 33.5 Å². The molecule has 2 aliphatic rings. The third-order valence-electron chi connectivity index (χ3n) is 8.82. The molecule has 0 bridgehead atoms. The van der Waals surface area contributed by atoms with Gasteiger partial charge in [0, 0.05) is 66.0 Å². The lowest BCUT2D eigenvalue weighted by Gasteiger charge is -2.22. The number of primary amides is 1. The normalized spacial score (nSPS) is 12.2. The Balaban J connectivity index is 1.62. The second kappa shape index (κ2) is 17.3. The van der Waals surface area contributed by atoms with E-state index in [1.807, 2.05) is 36.4 Å². The summed E-state index contributed by atoms with van der Waals surface area (Å²) in [5.74, 6) is -3.35. The van der Waals surface area contributed by atoms with Crippen LogP contribution in [0.15, 0.2) is 65.1 Å². The highest BCUT2D eigenvalue weighted by Gasteiger charge is 2.26. The minimum Gasteiger partial charge on any atom is -0.480 e. The quantitative estimate of drug-likeness (QED) is 0.0873. The number of hydrogen-bond donors (Lipinski definition) is 5. The molecule has 2 atom stereocenters. The molecule has 1 aliphatic heterocycles. The van der Waals surface area contributed by atoms with Crippen molar-refractivity contribution >= 4 is 46.3 Å². The zero-order valence-electron chi connectivity index (χ0n) is 29.7. The van der Waals surface area contributed by atoms with Gasteiger partial charge in [-0.1, -0.05) is 18.2 Å². The summed E-state index contributed by atoms with van der Waals surface area (Å²) in [6.45, 7) is 13.1. The number of anilines is 1.